The molecule has 0 radical (unpaired) electrons. The number of rotatable bonds is 3. The maximum Gasteiger partial charge on any atom is 0.128 e. The predicted octanol–water partition coefficient (Wildman–Crippen LogP) is 3.37. The smallest absolute Gasteiger partial charge is 0.128 e. The van der Waals surface area contributed by atoms with Crippen LogP contribution >= 0.6 is 0 Å². The fourth-order valence-corrected chi connectivity index (χ4v) is 2.71. The van der Waals surface area contributed by atoms with Crippen molar-refractivity contribution in [1.82, 2.24) is 9.88 Å². The van der Waals surface area contributed by atoms with Crippen molar-refractivity contribution in [3.63, 3.8) is 0 Å². The highest BCUT2D eigenvalue weighted by Gasteiger charge is 2.26. The Bertz CT molecular complexity index is 431. The molecule has 0 aliphatic carbocycles. The van der Waals surface area contributed by atoms with Crippen molar-refractivity contribution in [2.24, 2.45) is 5.41 Å². The first-order valence-corrected chi connectivity index (χ1v) is 7.66. The van der Waals surface area contributed by atoms with Crippen molar-refractivity contribution in [3.8, 4) is 0 Å². The molecule has 112 valence electrons. The highest BCUT2D eigenvalue weighted by molar-refractivity contribution is 5.41. The molecule has 2 heterocycles. The van der Waals surface area contributed by atoms with Gasteiger partial charge in [-0.25, -0.2) is 4.98 Å². The van der Waals surface area contributed by atoms with Gasteiger partial charge in [0.25, 0.3) is 0 Å². The van der Waals surface area contributed by atoms with Gasteiger partial charge in [0.1, 0.15) is 5.82 Å². The first-order chi connectivity index (χ1) is 9.29. The van der Waals surface area contributed by atoms with Gasteiger partial charge in [0.05, 0.1) is 0 Å². The van der Waals surface area contributed by atoms with E-state index in [1.54, 1.807) is 0 Å². The zero-order valence-corrected chi connectivity index (χ0v) is 13.8. The van der Waals surface area contributed by atoms with Gasteiger partial charge in [0, 0.05) is 25.3 Å². The molecule has 2 atom stereocenters. The normalized spacial score (nSPS) is 21.6. The van der Waals surface area contributed by atoms with Gasteiger partial charge in [-0.15, -0.1) is 0 Å². The molecule has 3 nitrogen and oxygen atoms in total. The number of nitrogens with zero attached hydrogens (tertiary/aromatic N) is 3. The van der Waals surface area contributed by atoms with E-state index in [0.29, 0.717) is 12.0 Å². The number of pyridine rings is 1. The zero-order chi connectivity index (χ0) is 14.9. The molecule has 1 aromatic heterocycles. The Balaban J connectivity index is 2.06. The fourth-order valence-electron chi connectivity index (χ4n) is 2.71. The Morgan fingerprint density at radius 2 is 2.00 bits per heavy atom. The van der Waals surface area contributed by atoms with E-state index in [1.165, 1.54) is 12.0 Å². The summed E-state index contributed by atoms with van der Waals surface area (Å²) < 4.78 is 0. The van der Waals surface area contributed by atoms with Crippen LogP contribution in [0.25, 0.3) is 0 Å². The summed E-state index contributed by atoms with van der Waals surface area (Å²) in [6.45, 7) is 11.3. The molecular formula is C17H29N3. The molecule has 3 heteroatoms. The Hall–Kier alpha value is -1.09. The van der Waals surface area contributed by atoms with Gasteiger partial charge in [0.15, 0.2) is 0 Å². The second-order valence-electron chi connectivity index (χ2n) is 7.39. The molecule has 1 saturated heterocycles. The standard InChI is InChI=1S/C17H29N3/c1-13(17(2,3)4)14-7-8-16(18-11-14)20-10-9-15(12-20)19(5)6/h7-8,11,13,15H,9-10,12H2,1-6H3/t13-,15+/m1/s1. The van der Waals surface area contributed by atoms with Gasteiger partial charge in [-0.3, -0.25) is 0 Å². The van der Waals surface area contributed by atoms with Crippen LogP contribution in [0.15, 0.2) is 18.3 Å². The summed E-state index contributed by atoms with van der Waals surface area (Å²) >= 11 is 0. The molecule has 1 aliphatic heterocycles. The first-order valence-electron chi connectivity index (χ1n) is 7.66. The lowest BCUT2D eigenvalue weighted by atomic mass is 9.78. The Kier molecular flexibility index (Phi) is 4.38. The third kappa shape index (κ3) is 3.32. The molecule has 1 aliphatic rings. The van der Waals surface area contributed by atoms with Crippen LogP contribution < -0.4 is 4.90 Å². The van der Waals surface area contributed by atoms with Crippen molar-refractivity contribution < 1.29 is 0 Å². The summed E-state index contributed by atoms with van der Waals surface area (Å²) in [5, 5.41) is 0. The maximum absolute atomic E-state index is 4.70. The van der Waals surface area contributed by atoms with E-state index >= 15 is 0 Å². The minimum Gasteiger partial charge on any atom is -0.355 e. The monoisotopic (exact) mass is 275 g/mol. The quantitative estimate of drug-likeness (QED) is 0.843. The van der Waals surface area contributed by atoms with Crippen LogP contribution in [0.3, 0.4) is 0 Å². The van der Waals surface area contributed by atoms with E-state index in [-0.39, 0.29) is 5.41 Å². The highest BCUT2D eigenvalue weighted by atomic mass is 15.3. The van der Waals surface area contributed by atoms with Gasteiger partial charge in [-0.1, -0.05) is 33.8 Å². The van der Waals surface area contributed by atoms with Crippen molar-refractivity contribution in [2.45, 2.75) is 46.1 Å². The topological polar surface area (TPSA) is 19.4 Å². The molecule has 1 aromatic rings. The first kappa shape index (κ1) is 15.3. The van der Waals surface area contributed by atoms with Gasteiger partial charge in [-0.2, -0.15) is 0 Å². The molecule has 0 unspecified atom stereocenters. The van der Waals surface area contributed by atoms with E-state index in [4.69, 9.17) is 4.98 Å². The van der Waals surface area contributed by atoms with Crippen LogP contribution in [0.2, 0.25) is 0 Å². The summed E-state index contributed by atoms with van der Waals surface area (Å²) in [5.41, 5.74) is 1.62. The second-order valence-corrected chi connectivity index (χ2v) is 7.39. The third-order valence-electron chi connectivity index (χ3n) is 4.79. The minimum absolute atomic E-state index is 0.285. The van der Waals surface area contributed by atoms with Crippen LogP contribution in [0.5, 0.6) is 0 Å². The van der Waals surface area contributed by atoms with Crippen molar-refractivity contribution >= 4 is 5.82 Å². The van der Waals surface area contributed by atoms with Crippen molar-refractivity contribution in [1.29, 1.82) is 0 Å². The van der Waals surface area contributed by atoms with Crippen LogP contribution in [0.1, 0.15) is 45.6 Å². The van der Waals surface area contributed by atoms with E-state index in [2.05, 4.69) is 69.9 Å². The van der Waals surface area contributed by atoms with E-state index in [1.807, 2.05) is 0 Å². The van der Waals surface area contributed by atoms with Crippen LogP contribution in [-0.2, 0) is 0 Å². The molecule has 0 N–H and O–H groups in total. The summed E-state index contributed by atoms with van der Waals surface area (Å²) in [5.74, 6) is 1.65. The summed E-state index contributed by atoms with van der Waals surface area (Å²) in [6, 6.07) is 5.10. The molecule has 2 rings (SSSR count). The number of likely N-dealkylation sites (N-methyl/N-ethyl adjacent to an activating group) is 1. The van der Waals surface area contributed by atoms with E-state index < -0.39 is 0 Å². The molecular weight excluding hydrogens is 246 g/mol. The average Bonchev–Trinajstić information content (AvgIpc) is 2.86. The summed E-state index contributed by atoms with van der Waals surface area (Å²) in [7, 11) is 4.32. The summed E-state index contributed by atoms with van der Waals surface area (Å²) in [4.78, 5) is 9.41. The molecule has 0 amide bonds. The maximum atomic E-state index is 4.70. The fraction of sp³-hybridized carbons (Fsp3) is 0.706. The summed E-state index contributed by atoms with van der Waals surface area (Å²) in [6.07, 6.45) is 3.29. The second kappa shape index (κ2) is 5.72. The van der Waals surface area contributed by atoms with Crippen molar-refractivity contribution in [2.75, 3.05) is 32.1 Å². The van der Waals surface area contributed by atoms with Gasteiger partial charge >= 0.3 is 0 Å². The lowest BCUT2D eigenvalue weighted by Crippen LogP contribution is -2.31. The Morgan fingerprint density at radius 1 is 1.30 bits per heavy atom. The molecule has 1 fully saturated rings. The SMILES string of the molecule is C[C@H](c1ccc(N2CC[C@H](N(C)C)C2)nc1)C(C)(C)C. The molecule has 0 bridgehead atoms. The number of hydrogen-bond acceptors (Lipinski definition) is 3. The average molecular weight is 275 g/mol. The largest absolute Gasteiger partial charge is 0.355 e. The lowest BCUT2D eigenvalue weighted by molar-refractivity contribution is 0.315. The third-order valence-corrected chi connectivity index (χ3v) is 4.79. The van der Waals surface area contributed by atoms with Crippen molar-refractivity contribution in [3.05, 3.63) is 23.9 Å². The molecule has 20 heavy (non-hydrogen) atoms. The van der Waals surface area contributed by atoms with E-state index in [9.17, 15) is 0 Å². The number of hydrogen-bond donors (Lipinski definition) is 0. The lowest BCUT2D eigenvalue weighted by Gasteiger charge is -2.28. The van der Waals surface area contributed by atoms with E-state index in [0.717, 1.165) is 18.9 Å². The predicted molar refractivity (Wildman–Crippen MR) is 86.4 cm³/mol. The molecule has 0 saturated carbocycles. The highest BCUT2D eigenvalue weighted by Crippen LogP contribution is 2.34. The zero-order valence-electron chi connectivity index (χ0n) is 13.8. The minimum atomic E-state index is 0.285. The van der Waals surface area contributed by atoms with Crippen LogP contribution in [-0.4, -0.2) is 43.1 Å². The number of aromatic nitrogens is 1. The van der Waals surface area contributed by atoms with Crippen LogP contribution in [0, 0.1) is 5.41 Å². The Labute approximate surface area is 124 Å². The van der Waals surface area contributed by atoms with Gasteiger partial charge in [-0.05, 0) is 43.5 Å². The number of anilines is 1. The Morgan fingerprint density at radius 3 is 2.45 bits per heavy atom. The molecule has 0 aromatic carbocycles. The van der Waals surface area contributed by atoms with Gasteiger partial charge in [0.2, 0.25) is 0 Å². The van der Waals surface area contributed by atoms with Gasteiger partial charge < -0.3 is 9.80 Å². The van der Waals surface area contributed by atoms with Crippen LogP contribution in [0.4, 0.5) is 5.82 Å². The molecule has 0 spiro atoms.